The van der Waals surface area contributed by atoms with Gasteiger partial charge in [0.2, 0.25) is 0 Å². The van der Waals surface area contributed by atoms with Gasteiger partial charge in [-0.05, 0) is 62.9 Å². The molecule has 2 heterocycles. The average molecular weight is 357 g/mol. The lowest BCUT2D eigenvalue weighted by Crippen LogP contribution is -2.35. The summed E-state index contributed by atoms with van der Waals surface area (Å²) in [6.07, 6.45) is 6.48. The summed E-state index contributed by atoms with van der Waals surface area (Å²) >= 11 is 0. The van der Waals surface area contributed by atoms with Gasteiger partial charge in [0.25, 0.3) is 5.91 Å². The first-order chi connectivity index (χ1) is 12.7. The van der Waals surface area contributed by atoms with Gasteiger partial charge in [0.05, 0.1) is 12.2 Å². The summed E-state index contributed by atoms with van der Waals surface area (Å²) in [5.41, 5.74) is 1.32. The molecule has 1 aromatic carbocycles. The van der Waals surface area contributed by atoms with Crippen LogP contribution in [0.25, 0.3) is 0 Å². The number of aromatic nitrogens is 3. The first-order valence-electron chi connectivity index (χ1n) is 9.38. The van der Waals surface area contributed by atoms with Crippen LogP contribution in [0.15, 0.2) is 30.5 Å². The highest BCUT2D eigenvalue weighted by Gasteiger charge is 2.34. The van der Waals surface area contributed by atoms with Crippen LogP contribution >= 0.6 is 0 Å². The smallest absolute Gasteiger partial charge is 0.276 e. The van der Waals surface area contributed by atoms with Gasteiger partial charge in [-0.2, -0.15) is 0 Å². The van der Waals surface area contributed by atoms with Crippen molar-refractivity contribution in [2.24, 2.45) is 0 Å². The summed E-state index contributed by atoms with van der Waals surface area (Å²) in [5, 5.41) is 11.7. The van der Waals surface area contributed by atoms with E-state index in [9.17, 15) is 9.18 Å². The maximum atomic E-state index is 13.4. The number of benzene rings is 1. The highest BCUT2D eigenvalue weighted by Crippen LogP contribution is 2.28. The molecule has 1 aliphatic carbocycles. The van der Waals surface area contributed by atoms with Crippen molar-refractivity contribution in [1.29, 1.82) is 0 Å². The molecule has 1 N–H and O–H groups in total. The summed E-state index contributed by atoms with van der Waals surface area (Å²) in [7, 11) is 0. The van der Waals surface area contributed by atoms with Crippen molar-refractivity contribution in [2.45, 2.75) is 44.2 Å². The van der Waals surface area contributed by atoms with Crippen LogP contribution in [0.5, 0.6) is 0 Å². The molecule has 7 heteroatoms. The van der Waals surface area contributed by atoms with Crippen molar-refractivity contribution in [3.8, 4) is 0 Å². The molecular formula is C19H24FN5O. The number of rotatable bonds is 6. The predicted octanol–water partition coefficient (Wildman–Crippen LogP) is 2.19. The Labute approximate surface area is 152 Å². The molecule has 6 nitrogen and oxygen atoms in total. The predicted molar refractivity (Wildman–Crippen MR) is 95.3 cm³/mol. The Balaban J connectivity index is 1.43. The van der Waals surface area contributed by atoms with E-state index in [0.29, 0.717) is 24.7 Å². The maximum absolute atomic E-state index is 13.4. The summed E-state index contributed by atoms with van der Waals surface area (Å²) in [4.78, 5) is 14.8. The Morgan fingerprint density at radius 1 is 1.27 bits per heavy atom. The van der Waals surface area contributed by atoms with Gasteiger partial charge in [0.15, 0.2) is 5.69 Å². The van der Waals surface area contributed by atoms with Gasteiger partial charge >= 0.3 is 0 Å². The second kappa shape index (κ2) is 7.53. The van der Waals surface area contributed by atoms with E-state index in [-0.39, 0.29) is 17.8 Å². The third kappa shape index (κ3) is 3.93. The summed E-state index contributed by atoms with van der Waals surface area (Å²) < 4.78 is 15.2. The van der Waals surface area contributed by atoms with Gasteiger partial charge < -0.3 is 10.2 Å². The number of piperidine rings is 1. The van der Waals surface area contributed by atoms with Crippen LogP contribution in [-0.4, -0.2) is 51.5 Å². The second-order valence-electron chi connectivity index (χ2n) is 7.17. The van der Waals surface area contributed by atoms with Gasteiger partial charge in [0, 0.05) is 12.6 Å². The fourth-order valence-corrected chi connectivity index (χ4v) is 3.55. The monoisotopic (exact) mass is 357 g/mol. The van der Waals surface area contributed by atoms with Gasteiger partial charge in [-0.3, -0.25) is 4.79 Å². The van der Waals surface area contributed by atoms with Crippen molar-refractivity contribution >= 4 is 5.91 Å². The quantitative estimate of drug-likeness (QED) is 0.861. The lowest BCUT2D eigenvalue weighted by molar-refractivity contribution is 0.0739. The van der Waals surface area contributed by atoms with E-state index in [1.165, 1.54) is 12.1 Å². The maximum Gasteiger partial charge on any atom is 0.276 e. The van der Waals surface area contributed by atoms with E-state index in [1.807, 2.05) is 15.6 Å². The number of halogens is 1. The molecule has 0 spiro atoms. The summed E-state index contributed by atoms with van der Waals surface area (Å²) in [6.45, 7) is 2.51. The Bertz CT molecular complexity index is 767. The molecule has 1 amide bonds. The Hall–Kier alpha value is -2.28. The number of carbonyl (C=O) groups excluding carboxylic acids is 1. The summed E-state index contributed by atoms with van der Waals surface area (Å²) in [6, 6.07) is 7.16. The van der Waals surface area contributed by atoms with Crippen molar-refractivity contribution in [1.82, 2.24) is 25.2 Å². The molecule has 0 atom stereocenters. The number of hydrogen-bond acceptors (Lipinski definition) is 4. The molecular weight excluding hydrogens is 333 g/mol. The molecule has 1 saturated carbocycles. The van der Waals surface area contributed by atoms with Gasteiger partial charge in [-0.15, -0.1) is 5.10 Å². The van der Waals surface area contributed by atoms with Crippen LogP contribution in [0.3, 0.4) is 0 Å². The lowest BCUT2D eigenvalue weighted by Gasteiger charge is -2.22. The fourth-order valence-electron chi connectivity index (χ4n) is 3.55. The molecule has 0 bridgehead atoms. The Morgan fingerprint density at radius 2 is 2.08 bits per heavy atom. The van der Waals surface area contributed by atoms with Crippen LogP contribution in [0.4, 0.5) is 4.39 Å². The zero-order valence-corrected chi connectivity index (χ0v) is 14.8. The number of amides is 1. The van der Waals surface area contributed by atoms with E-state index >= 15 is 0 Å². The van der Waals surface area contributed by atoms with E-state index in [1.54, 1.807) is 12.3 Å². The van der Waals surface area contributed by atoms with E-state index in [0.717, 1.165) is 44.3 Å². The molecule has 4 rings (SSSR count). The minimum absolute atomic E-state index is 0.0657. The molecule has 0 radical (unpaired) electrons. The average Bonchev–Trinajstić information content (AvgIpc) is 3.37. The first kappa shape index (κ1) is 17.1. The molecule has 1 aromatic heterocycles. The van der Waals surface area contributed by atoms with Crippen LogP contribution < -0.4 is 5.32 Å². The van der Waals surface area contributed by atoms with Crippen LogP contribution in [0, 0.1) is 5.82 Å². The number of nitrogens with one attached hydrogen (secondary N) is 1. The van der Waals surface area contributed by atoms with Crippen LogP contribution in [0.1, 0.15) is 47.8 Å². The van der Waals surface area contributed by atoms with E-state index in [2.05, 4.69) is 15.6 Å². The van der Waals surface area contributed by atoms with Crippen molar-refractivity contribution in [3.05, 3.63) is 47.5 Å². The zero-order valence-electron chi connectivity index (χ0n) is 14.8. The van der Waals surface area contributed by atoms with Gasteiger partial charge in [0.1, 0.15) is 5.82 Å². The Morgan fingerprint density at radius 3 is 2.81 bits per heavy atom. The minimum Gasteiger partial charge on any atom is -0.334 e. The molecule has 2 aromatic rings. The normalized spacial score (nSPS) is 18.0. The molecule has 2 aliphatic rings. The largest absolute Gasteiger partial charge is 0.334 e. The summed E-state index contributed by atoms with van der Waals surface area (Å²) in [5.74, 6) is -0.305. The lowest BCUT2D eigenvalue weighted by atomic mass is 10.1. The number of nitrogens with zero attached hydrogens (tertiary/aromatic N) is 4. The highest BCUT2D eigenvalue weighted by atomic mass is 19.1. The van der Waals surface area contributed by atoms with Crippen molar-refractivity contribution < 1.29 is 9.18 Å². The second-order valence-corrected chi connectivity index (χ2v) is 7.17. The third-order valence-corrected chi connectivity index (χ3v) is 5.19. The van der Waals surface area contributed by atoms with Crippen molar-refractivity contribution in [2.75, 3.05) is 19.6 Å². The fraction of sp³-hybridized carbons (Fsp3) is 0.526. The first-order valence-corrected chi connectivity index (χ1v) is 9.38. The highest BCUT2D eigenvalue weighted by molar-refractivity contribution is 5.92. The SMILES string of the molecule is O=C(c1cn(C2CCNCC2)nn1)N(CCc1cccc(F)c1)C1CC1. The van der Waals surface area contributed by atoms with Gasteiger partial charge in [-0.25, -0.2) is 9.07 Å². The standard InChI is InChI=1S/C19H24FN5O/c20-15-3-1-2-14(12-15)8-11-24(16-4-5-16)19(26)18-13-25(23-22-18)17-6-9-21-10-7-17/h1-3,12-13,16-17,21H,4-11H2. The molecule has 0 unspecified atom stereocenters. The van der Waals surface area contributed by atoms with Crippen LogP contribution in [0.2, 0.25) is 0 Å². The zero-order chi connectivity index (χ0) is 17.9. The van der Waals surface area contributed by atoms with Crippen molar-refractivity contribution in [3.63, 3.8) is 0 Å². The number of hydrogen-bond donors (Lipinski definition) is 1. The Kier molecular flexibility index (Phi) is 4.97. The molecule has 2 fully saturated rings. The molecule has 1 saturated heterocycles. The molecule has 138 valence electrons. The van der Waals surface area contributed by atoms with E-state index in [4.69, 9.17) is 0 Å². The topological polar surface area (TPSA) is 63.1 Å². The minimum atomic E-state index is -0.239. The number of carbonyl (C=O) groups is 1. The van der Waals surface area contributed by atoms with Crippen LogP contribution in [-0.2, 0) is 6.42 Å². The molecule has 1 aliphatic heterocycles. The molecule has 26 heavy (non-hydrogen) atoms. The van der Waals surface area contributed by atoms with Gasteiger partial charge in [-0.1, -0.05) is 17.3 Å². The third-order valence-electron chi connectivity index (χ3n) is 5.19. The van der Waals surface area contributed by atoms with E-state index < -0.39 is 0 Å².